The molecule has 3 amide bonds. The number of rotatable bonds is 9. The molecule has 0 spiro atoms. The number of aliphatic carboxylic acids is 1. The molecule has 1 saturated heterocycles. The van der Waals surface area contributed by atoms with Crippen LogP contribution in [0.3, 0.4) is 0 Å². The lowest BCUT2D eigenvalue weighted by Gasteiger charge is -2.31. The summed E-state index contributed by atoms with van der Waals surface area (Å²) in [6.45, 7) is 12.5. The summed E-state index contributed by atoms with van der Waals surface area (Å²) in [5.74, 6) is -2.33. The maximum absolute atomic E-state index is 13.9. The van der Waals surface area contributed by atoms with Crippen LogP contribution in [-0.4, -0.2) is 69.8 Å². The van der Waals surface area contributed by atoms with Gasteiger partial charge in [0, 0.05) is 17.7 Å². The number of carbonyl (C=O) groups excluding carboxylic acids is 3. The molecule has 1 aliphatic heterocycles. The van der Waals surface area contributed by atoms with E-state index in [2.05, 4.69) is 17.2 Å². The van der Waals surface area contributed by atoms with Gasteiger partial charge in [0.2, 0.25) is 11.8 Å². The van der Waals surface area contributed by atoms with Gasteiger partial charge in [0.15, 0.2) is 0 Å². The molecule has 2 fully saturated rings. The summed E-state index contributed by atoms with van der Waals surface area (Å²) in [7, 11) is 0. The Kier molecular flexibility index (Phi) is 8.33. The van der Waals surface area contributed by atoms with E-state index < -0.39 is 59.1 Å². The third-order valence-electron chi connectivity index (χ3n) is 7.52. The summed E-state index contributed by atoms with van der Waals surface area (Å²) in [6, 6.07) is 11.4. The molecule has 0 radical (unpaired) electrons. The number of hydrogen-bond acceptors (Lipinski definition) is 6. The molecule has 41 heavy (non-hydrogen) atoms. The highest BCUT2D eigenvalue weighted by Crippen LogP contribution is 2.45. The van der Waals surface area contributed by atoms with E-state index in [1.807, 2.05) is 42.5 Å². The van der Waals surface area contributed by atoms with E-state index in [-0.39, 0.29) is 25.3 Å². The van der Waals surface area contributed by atoms with Crippen molar-refractivity contribution in [3.63, 3.8) is 0 Å². The number of amides is 3. The zero-order valence-corrected chi connectivity index (χ0v) is 24.2. The Labute approximate surface area is 240 Å². The summed E-state index contributed by atoms with van der Waals surface area (Å²) in [6.07, 6.45) is 0.586. The predicted molar refractivity (Wildman–Crippen MR) is 153 cm³/mol. The molecule has 4 rings (SSSR count). The zero-order valence-electron chi connectivity index (χ0n) is 24.2. The largest absolute Gasteiger partial charge is 0.488 e. The smallest absolute Gasteiger partial charge is 0.408 e. The lowest BCUT2D eigenvalue weighted by molar-refractivity contribution is -0.146. The summed E-state index contributed by atoms with van der Waals surface area (Å²) < 4.78 is 11.7. The number of carboxylic acids is 1. The molecule has 1 saturated carbocycles. The Morgan fingerprint density at radius 2 is 1.80 bits per heavy atom. The second kappa shape index (κ2) is 11.4. The minimum Gasteiger partial charge on any atom is -0.488 e. The molecule has 2 aromatic rings. The topological polar surface area (TPSA) is 134 Å². The van der Waals surface area contributed by atoms with Gasteiger partial charge in [-0.1, -0.05) is 56.3 Å². The van der Waals surface area contributed by atoms with Crippen LogP contribution in [0.5, 0.6) is 5.75 Å². The van der Waals surface area contributed by atoms with Crippen LogP contribution in [0.4, 0.5) is 4.79 Å². The third-order valence-corrected chi connectivity index (χ3v) is 7.52. The maximum Gasteiger partial charge on any atom is 0.408 e. The van der Waals surface area contributed by atoms with Gasteiger partial charge in [0.1, 0.15) is 35.1 Å². The Hall–Kier alpha value is -4.08. The second-order valence-electron chi connectivity index (χ2n) is 12.1. The van der Waals surface area contributed by atoms with Crippen molar-refractivity contribution in [1.29, 1.82) is 0 Å². The average Bonchev–Trinajstić information content (AvgIpc) is 3.46. The average molecular weight is 566 g/mol. The van der Waals surface area contributed by atoms with E-state index in [0.717, 1.165) is 10.8 Å². The fourth-order valence-corrected chi connectivity index (χ4v) is 5.30. The normalized spacial score (nSPS) is 24.4. The molecule has 5 unspecified atom stereocenters. The summed E-state index contributed by atoms with van der Waals surface area (Å²) in [4.78, 5) is 53.6. The van der Waals surface area contributed by atoms with E-state index in [1.165, 1.54) is 11.0 Å². The van der Waals surface area contributed by atoms with Gasteiger partial charge in [-0.05, 0) is 44.6 Å². The Morgan fingerprint density at radius 3 is 2.41 bits per heavy atom. The summed E-state index contributed by atoms with van der Waals surface area (Å²) in [5.41, 5.74) is -2.21. The number of nitrogens with one attached hydrogen (secondary N) is 2. The van der Waals surface area contributed by atoms with Gasteiger partial charge in [0.05, 0.1) is 6.54 Å². The highest BCUT2D eigenvalue weighted by atomic mass is 16.6. The van der Waals surface area contributed by atoms with Crippen LogP contribution in [0, 0.1) is 11.8 Å². The number of fused-ring (bicyclic) bond motifs is 1. The molecule has 3 N–H and O–H groups in total. The van der Waals surface area contributed by atoms with Gasteiger partial charge in [0.25, 0.3) is 0 Å². The Morgan fingerprint density at radius 1 is 1.12 bits per heavy atom. The molecular formula is C31H39N3O7. The van der Waals surface area contributed by atoms with Gasteiger partial charge in [-0.2, -0.15) is 0 Å². The first kappa shape index (κ1) is 29.9. The van der Waals surface area contributed by atoms with Crippen LogP contribution in [0.2, 0.25) is 0 Å². The van der Waals surface area contributed by atoms with Crippen molar-refractivity contribution in [3.05, 3.63) is 55.1 Å². The lowest BCUT2D eigenvalue weighted by Crippen LogP contribution is -2.57. The Balaban J connectivity index is 1.61. The molecule has 0 aromatic heterocycles. The first-order valence-electron chi connectivity index (χ1n) is 13.9. The minimum atomic E-state index is -1.45. The third kappa shape index (κ3) is 6.47. The fraction of sp³-hybridized carbons (Fsp3) is 0.484. The standard InChI is InChI=1S/C31H39N3O7/c1-7-20-16-31(20,28(37)38)33-26(35)23-15-21(40-24-14-10-12-19-11-8-9-13-22(19)24)17-34(23)27(36)25(18(2)3)32-29(39)41-30(4,5)6/h7-14,18,20-21,23,25H,1,15-17H2,2-6H3,(H,32,39)(H,33,35)(H,37,38). The van der Waals surface area contributed by atoms with Crippen molar-refractivity contribution in [1.82, 2.24) is 15.5 Å². The van der Waals surface area contributed by atoms with E-state index in [1.54, 1.807) is 34.6 Å². The fourth-order valence-electron chi connectivity index (χ4n) is 5.30. The SMILES string of the molecule is C=CC1CC1(NC(=O)C1CC(Oc2cccc3ccccc23)CN1C(=O)C(NC(=O)OC(C)(C)C)C(C)C)C(=O)O. The minimum absolute atomic E-state index is 0.0737. The van der Waals surface area contributed by atoms with E-state index in [0.29, 0.717) is 5.75 Å². The Bertz CT molecular complexity index is 1350. The van der Waals surface area contributed by atoms with Gasteiger partial charge < -0.3 is 30.1 Å². The number of likely N-dealkylation sites (tertiary alicyclic amines) is 1. The molecule has 0 bridgehead atoms. The predicted octanol–water partition coefficient (Wildman–Crippen LogP) is 3.88. The molecule has 10 heteroatoms. The van der Waals surface area contributed by atoms with Gasteiger partial charge in [-0.25, -0.2) is 9.59 Å². The number of carbonyl (C=O) groups is 4. The number of ether oxygens (including phenoxy) is 2. The molecule has 2 aromatic carbocycles. The molecular weight excluding hydrogens is 526 g/mol. The zero-order chi connectivity index (χ0) is 30.1. The van der Waals surface area contributed by atoms with Gasteiger partial charge in [-0.15, -0.1) is 6.58 Å². The van der Waals surface area contributed by atoms with Crippen LogP contribution in [0.25, 0.3) is 10.8 Å². The van der Waals surface area contributed by atoms with Crippen molar-refractivity contribution in [3.8, 4) is 5.75 Å². The highest BCUT2D eigenvalue weighted by Gasteiger charge is 2.61. The summed E-state index contributed by atoms with van der Waals surface area (Å²) >= 11 is 0. The number of benzene rings is 2. The van der Waals surface area contributed by atoms with Crippen molar-refractivity contribution < 1.29 is 33.8 Å². The first-order chi connectivity index (χ1) is 19.3. The maximum atomic E-state index is 13.9. The number of nitrogens with zero attached hydrogens (tertiary/aromatic N) is 1. The number of hydrogen-bond donors (Lipinski definition) is 3. The van der Waals surface area contributed by atoms with Crippen LogP contribution in [0.1, 0.15) is 47.5 Å². The molecule has 5 atom stereocenters. The molecule has 1 aliphatic carbocycles. The summed E-state index contributed by atoms with van der Waals surface area (Å²) in [5, 5.41) is 17.1. The number of alkyl carbamates (subject to hydrolysis) is 1. The van der Waals surface area contributed by atoms with E-state index in [9.17, 15) is 24.3 Å². The first-order valence-corrected chi connectivity index (χ1v) is 13.9. The van der Waals surface area contributed by atoms with Crippen LogP contribution < -0.4 is 15.4 Å². The molecule has 2 aliphatic rings. The lowest BCUT2D eigenvalue weighted by atomic mass is 10.0. The van der Waals surface area contributed by atoms with Gasteiger partial charge in [-0.3, -0.25) is 9.59 Å². The van der Waals surface area contributed by atoms with Crippen LogP contribution >= 0.6 is 0 Å². The van der Waals surface area contributed by atoms with Gasteiger partial charge >= 0.3 is 12.1 Å². The van der Waals surface area contributed by atoms with Crippen LogP contribution in [-0.2, 0) is 19.1 Å². The molecule has 10 nitrogen and oxygen atoms in total. The molecule has 220 valence electrons. The van der Waals surface area contributed by atoms with Crippen LogP contribution in [0.15, 0.2) is 55.1 Å². The van der Waals surface area contributed by atoms with E-state index >= 15 is 0 Å². The monoisotopic (exact) mass is 565 g/mol. The highest BCUT2D eigenvalue weighted by molar-refractivity contribution is 5.96. The van der Waals surface area contributed by atoms with E-state index in [4.69, 9.17) is 9.47 Å². The van der Waals surface area contributed by atoms with Crippen molar-refractivity contribution in [2.24, 2.45) is 11.8 Å². The quantitative estimate of drug-likeness (QED) is 0.393. The second-order valence-corrected chi connectivity index (χ2v) is 12.1. The van der Waals surface area contributed by atoms with Crippen molar-refractivity contribution >= 4 is 34.6 Å². The number of carboxylic acid groups (broad SMARTS) is 1. The molecule has 1 heterocycles. The van der Waals surface area contributed by atoms with Crippen molar-refractivity contribution in [2.45, 2.75) is 76.8 Å². The van der Waals surface area contributed by atoms with Crippen molar-refractivity contribution in [2.75, 3.05) is 6.54 Å².